The maximum absolute atomic E-state index is 6.32. The lowest BCUT2D eigenvalue weighted by Crippen LogP contribution is -2.44. The van der Waals surface area contributed by atoms with Crippen molar-refractivity contribution >= 4 is 12.4 Å². The molecule has 3 heterocycles. The summed E-state index contributed by atoms with van der Waals surface area (Å²) in [5, 5.41) is 8.79. The van der Waals surface area contributed by atoms with Crippen molar-refractivity contribution in [3.8, 4) is 17.4 Å². The Bertz CT molecular complexity index is 938. The van der Waals surface area contributed by atoms with E-state index in [2.05, 4.69) is 39.1 Å². The zero-order valence-corrected chi connectivity index (χ0v) is 16.7. The Morgan fingerprint density at radius 1 is 1.15 bits per heavy atom. The first-order chi connectivity index (χ1) is 12.4. The molecule has 1 aliphatic rings. The fourth-order valence-corrected chi connectivity index (χ4v) is 3.21. The van der Waals surface area contributed by atoms with E-state index in [9.17, 15) is 0 Å². The molecule has 1 aliphatic carbocycles. The predicted octanol–water partition coefficient (Wildman–Crippen LogP) is 3.21. The quantitative estimate of drug-likeness (QED) is 0.729. The number of rotatable bonds is 4. The molecule has 2 N–H and O–H groups in total. The summed E-state index contributed by atoms with van der Waals surface area (Å²) < 4.78 is 7.20. The Kier molecular flexibility index (Phi) is 5.05. The highest BCUT2D eigenvalue weighted by Gasteiger charge is 2.39. The van der Waals surface area contributed by atoms with Crippen LogP contribution in [0.15, 0.2) is 16.8 Å². The summed E-state index contributed by atoms with van der Waals surface area (Å²) in [5.41, 5.74) is 9.31. The van der Waals surface area contributed by atoms with Crippen LogP contribution in [0.2, 0.25) is 0 Å². The SMILES string of the molecule is Cc1cc(C)nc(-n2cc(-c3nc(C4(N)CCC4)no3)c(C(C)C)n2)n1.Cl. The normalized spacial score (nSPS) is 15.5. The van der Waals surface area contributed by atoms with Gasteiger partial charge in [0, 0.05) is 17.6 Å². The van der Waals surface area contributed by atoms with Crippen molar-refractivity contribution in [3.05, 3.63) is 35.2 Å². The van der Waals surface area contributed by atoms with Crippen LogP contribution in [-0.4, -0.2) is 29.9 Å². The van der Waals surface area contributed by atoms with Gasteiger partial charge in [-0.2, -0.15) is 10.1 Å². The van der Waals surface area contributed by atoms with Crippen molar-refractivity contribution in [2.45, 2.75) is 58.4 Å². The summed E-state index contributed by atoms with van der Waals surface area (Å²) in [6.07, 6.45) is 4.72. The van der Waals surface area contributed by atoms with Crippen molar-refractivity contribution in [2.75, 3.05) is 0 Å². The van der Waals surface area contributed by atoms with Gasteiger partial charge >= 0.3 is 0 Å². The van der Waals surface area contributed by atoms with E-state index in [-0.39, 0.29) is 18.3 Å². The first-order valence-corrected chi connectivity index (χ1v) is 8.91. The van der Waals surface area contributed by atoms with Crippen molar-refractivity contribution in [2.24, 2.45) is 5.73 Å². The van der Waals surface area contributed by atoms with Gasteiger partial charge in [-0.15, -0.1) is 12.4 Å². The average Bonchev–Trinajstić information content (AvgIpc) is 3.18. The van der Waals surface area contributed by atoms with Crippen LogP contribution in [0.4, 0.5) is 0 Å². The van der Waals surface area contributed by atoms with Crippen molar-refractivity contribution in [1.82, 2.24) is 29.9 Å². The maximum atomic E-state index is 6.32. The summed E-state index contributed by atoms with van der Waals surface area (Å²) in [7, 11) is 0. The molecule has 0 radical (unpaired) electrons. The summed E-state index contributed by atoms with van der Waals surface area (Å²) in [6, 6.07) is 1.93. The van der Waals surface area contributed by atoms with E-state index in [1.165, 1.54) is 0 Å². The molecule has 8 nitrogen and oxygen atoms in total. The number of halogens is 1. The first-order valence-electron chi connectivity index (χ1n) is 8.91. The molecule has 1 saturated carbocycles. The lowest BCUT2D eigenvalue weighted by Gasteiger charge is -2.34. The topological polar surface area (TPSA) is 109 Å². The molecule has 0 saturated heterocycles. The third-order valence-corrected chi connectivity index (χ3v) is 4.81. The number of nitrogens with two attached hydrogens (primary N) is 1. The van der Waals surface area contributed by atoms with E-state index in [1.54, 1.807) is 4.68 Å². The molecule has 0 aromatic carbocycles. The van der Waals surface area contributed by atoms with E-state index in [0.29, 0.717) is 17.7 Å². The summed E-state index contributed by atoms with van der Waals surface area (Å²) >= 11 is 0. The highest BCUT2D eigenvalue weighted by molar-refractivity contribution is 5.85. The maximum Gasteiger partial charge on any atom is 0.261 e. The molecule has 0 bridgehead atoms. The Labute approximate surface area is 164 Å². The van der Waals surface area contributed by atoms with Gasteiger partial charge in [0.15, 0.2) is 5.82 Å². The summed E-state index contributed by atoms with van der Waals surface area (Å²) in [5.74, 6) is 1.73. The van der Waals surface area contributed by atoms with E-state index in [1.807, 2.05) is 26.1 Å². The Hall–Kier alpha value is -2.32. The van der Waals surface area contributed by atoms with Crippen LogP contribution in [0, 0.1) is 13.8 Å². The summed E-state index contributed by atoms with van der Waals surface area (Å²) in [6.45, 7) is 8.03. The Balaban J connectivity index is 0.00000210. The molecule has 0 spiro atoms. The molecule has 3 aromatic rings. The first kappa shape index (κ1) is 19.4. The van der Waals surface area contributed by atoms with Crippen molar-refractivity contribution in [3.63, 3.8) is 0 Å². The highest BCUT2D eigenvalue weighted by Crippen LogP contribution is 2.38. The molecule has 3 aromatic heterocycles. The Morgan fingerprint density at radius 2 is 1.81 bits per heavy atom. The zero-order chi connectivity index (χ0) is 18.5. The van der Waals surface area contributed by atoms with Gasteiger partial charge in [0.2, 0.25) is 0 Å². The fraction of sp³-hybridized carbons (Fsp3) is 0.500. The van der Waals surface area contributed by atoms with Crippen molar-refractivity contribution < 1.29 is 4.52 Å². The highest BCUT2D eigenvalue weighted by atomic mass is 35.5. The van der Waals surface area contributed by atoms with Crippen LogP contribution in [-0.2, 0) is 5.54 Å². The van der Waals surface area contributed by atoms with Gasteiger partial charge in [0.1, 0.15) is 0 Å². The van der Waals surface area contributed by atoms with Gasteiger partial charge in [-0.05, 0) is 45.1 Å². The van der Waals surface area contributed by atoms with E-state index in [4.69, 9.17) is 10.3 Å². The van der Waals surface area contributed by atoms with E-state index in [0.717, 1.165) is 41.9 Å². The van der Waals surface area contributed by atoms with Crippen molar-refractivity contribution in [1.29, 1.82) is 0 Å². The third-order valence-electron chi connectivity index (χ3n) is 4.81. The number of aryl methyl sites for hydroxylation is 2. The predicted molar refractivity (Wildman–Crippen MR) is 103 cm³/mol. The fourth-order valence-electron chi connectivity index (χ4n) is 3.21. The van der Waals surface area contributed by atoms with Gasteiger partial charge in [-0.3, -0.25) is 0 Å². The second-order valence-corrected chi connectivity index (χ2v) is 7.41. The van der Waals surface area contributed by atoms with Crippen LogP contribution < -0.4 is 5.73 Å². The average molecular weight is 390 g/mol. The molecule has 0 aliphatic heterocycles. The number of hydrogen-bond donors (Lipinski definition) is 1. The van der Waals surface area contributed by atoms with Gasteiger partial charge in [0.25, 0.3) is 11.8 Å². The minimum atomic E-state index is -0.452. The van der Waals surface area contributed by atoms with Gasteiger partial charge in [0.05, 0.1) is 16.8 Å². The smallest absolute Gasteiger partial charge is 0.261 e. The molecule has 144 valence electrons. The monoisotopic (exact) mass is 389 g/mol. The van der Waals surface area contributed by atoms with Crippen LogP contribution in [0.1, 0.15) is 61.9 Å². The van der Waals surface area contributed by atoms with Crippen LogP contribution in [0.25, 0.3) is 17.4 Å². The van der Waals surface area contributed by atoms with E-state index >= 15 is 0 Å². The summed E-state index contributed by atoms with van der Waals surface area (Å²) in [4.78, 5) is 13.5. The van der Waals surface area contributed by atoms with Crippen LogP contribution in [0.5, 0.6) is 0 Å². The molecule has 1 fully saturated rings. The molecular weight excluding hydrogens is 366 g/mol. The molecule has 27 heavy (non-hydrogen) atoms. The molecule has 9 heteroatoms. The largest absolute Gasteiger partial charge is 0.334 e. The molecule has 0 amide bonds. The zero-order valence-electron chi connectivity index (χ0n) is 15.9. The Morgan fingerprint density at radius 3 is 2.37 bits per heavy atom. The van der Waals surface area contributed by atoms with Gasteiger partial charge in [-0.25, -0.2) is 14.6 Å². The second-order valence-electron chi connectivity index (χ2n) is 7.41. The number of nitrogens with zero attached hydrogens (tertiary/aromatic N) is 6. The minimum Gasteiger partial charge on any atom is -0.334 e. The second kappa shape index (κ2) is 7.01. The van der Waals surface area contributed by atoms with E-state index < -0.39 is 5.54 Å². The molecular formula is C18H24ClN7O. The van der Waals surface area contributed by atoms with Crippen LogP contribution >= 0.6 is 12.4 Å². The lowest BCUT2D eigenvalue weighted by atomic mass is 9.77. The number of hydrogen-bond acceptors (Lipinski definition) is 7. The van der Waals surface area contributed by atoms with Crippen LogP contribution in [0.3, 0.4) is 0 Å². The third kappa shape index (κ3) is 3.46. The molecule has 0 unspecified atom stereocenters. The number of aromatic nitrogens is 6. The molecule has 4 rings (SSSR count). The molecule has 0 atom stereocenters. The standard InChI is InChI=1S/C18H23N7O.ClH/c1-10(2)14-13(15-22-16(24-26-15)18(19)6-5-7-18)9-25(23-14)17-20-11(3)8-12(4)21-17;/h8-10H,5-7,19H2,1-4H3;1H. The lowest BCUT2D eigenvalue weighted by molar-refractivity contribution is 0.229. The van der Waals surface area contributed by atoms with Gasteiger partial charge < -0.3 is 10.3 Å². The minimum absolute atomic E-state index is 0. The van der Waals surface area contributed by atoms with Gasteiger partial charge in [-0.1, -0.05) is 19.0 Å².